The maximum Gasteiger partial charge on any atom is 0.150 e. The third-order valence-corrected chi connectivity index (χ3v) is 2.58. The van der Waals surface area contributed by atoms with E-state index >= 15 is 0 Å². The average molecular weight is 287 g/mol. The second-order valence-electron chi connectivity index (χ2n) is 3.29. The van der Waals surface area contributed by atoms with Crippen LogP contribution in [-0.2, 0) is 6.54 Å². The molecule has 0 fully saturated rings. The van der Waals surface area contributed by atoms with Gasteiger partial charge in [-0.1, -0.05) is 15.9 Å². The molecule has 84 valence electrons. The zero-order valence-electron chi connectivity index (χ0n) is 8.23. The van der Waals surface area contributed by atoms with Crippen LogP contribution >= 0.6 is 15.9 Å². The normalized spacial score (nSPS) is 10.4. The number of anilines is 1. The third-order valence-electron chi connectivity index (χ3n) is 2.12. The summed E-state index contributed by atoms with van der Waals surface area (Å²) in [6.07, 6.45) is 1.76. The molecular formula is C11H9BrF2N2. The molecule has 1 heterocycles. The van der Waals surface area contributed by atoms with Crippen LogP contribution < -0.4 is 5.32 Å². The standard InChI is InChI=1S/C11H9BrF2N2/c12-7-4-9(13)11(10(14)5-7)16-6-8-2-1-3-15-8/h1-5,15-16H,6H2. The van der Waals surface area contributed by atoms with E-state index in [9.17, 15) is 8.78 Å². The van der Waals surface area contributed by atoms with Gasteiger partial charge in [0.1, 0.15) is 17.3 Å². The fourth-order valence-corrected chi connectivity index (χ4v) is 1.77. The molecule has 0 saturated heterocycles. The topological polar surface area (TPSA) is 27.8 Å². The highest BCUT2D eigenvalue weighted by Crippen LogP contribution is 2.24. The number of halogens is 3. The summed E-state index contributed by atoms with van der Waals surface area (Å²) in [6, 6.07) is 6.10. The Morgan fingerprint density at radius 2 is 1.94 bits per heavy atom. The molecule has 16 heavy (non-hydrogen) atoms. The number of aromatic amines is 1. The molecular weight excluding hydrogens is 278 g/mol. The van der Waals surface area contributed by atoms with E-state index in [1.165, 1.54) is 12.1 Å². The zero-order chi connectivity index (χ0) is 11.5. The Hall–Kier alpha value is -1.36. The van der Waals surface area contributed by atoms with Crippen molar-refractivity contribution in [1.82, 2.24) is 4.98 Å². The first-order valence-electron chi connectivity index (χ1n) is 4.67. The molecule has 1 aromatic heterocycles. The number of nitrogens with one attached hydrogen (secondary N) is 2. The highest BCUT2D eigenvalue weighted by Gasteiger charge is 2.09. The van der Waals surface area contributed by atoms with Crippen molar-refractivity contribution in [2.45, 2.75) is 6.54 Å². The molecule has 0 radical (unpaired) electrons. The fraction of sp³-hybridized carbons (Fsp3) is 0.0909. The van der Waals surface area contributed by atoms with Crippen LogP contribution in [-0.4, -0.2) is 4.98 Å². The molecule has 0 amide bonds. The lowest BCUT2D eigenvalue weighted by atomic mass is 10.3. The van der Waals surface area contributed by atoms with Gasteiger partial charge in [-0.15, -0.1) is 0 Å². The molecule has 2 aromatic rings. The lowest BCUT2D eigenvalue weighted by Gasteiger charge is -2.08. The summed E-state index contributed by atoms with van der Waals surface area (Å²) in [7, 11) is 0. The number of rotatable bonds is 3. The van der Waals surface area contributed by atoms with Crippen LogP contribution in [0, 0.1) is 11.6 Å². The van der Waals surface area contributed by atoms with Crippen molar-refractivity contribution in [3.8, 4) is 0 Å². The van der Waals surface area contributed by atoms with Crippen LogP contribution in [0.1, 0.15) is 5.69 Å². The molecule has 0 aliphatic heterocycles. The van der Waals surface area contributed by atoms with Crippen LogP contribution in [0.5, 0.6) is 0 Å². The van der Waals surface area contributed by atoms with E-state index in [-0.39, 0.29) is 5.69 Å². The first-order valence-corrected chi connectivity index (χ1v) is 5.47. The van der Waals surface area contributed by atoms with Crippen molar-refractivity contribution in [1.29, 1.82) is 0 Å². The van der Waals surface area contributed by atoms with Gasteiger partial charge >= 0.3 is 0 Å². The Morgan fingerprint density at radius 1 is 1.25 bits per heavy atom. The molecule has 2 nitrogen and oxygen atoms in total. The van der Waals surface area contributed by atoms with Gasteiger partial charge in [0.15, 0.2) is 0 Å². The molecule has 0 bridgehead atoms. The summed E-state index contributed by atoms with van der Waals surface area (Å²) in [5, 5.41) is 2.71. The van der Waals surface area contributed by atoms with Gasteiger partial charge in [-0.3, -0.25) is 0 Å². The van der Waals surface area contributed by atoms with Gasteiger partial charge in [0.25, 0.3) is 0 Å². The van der Waals surface area contributed by atoms with E-state index < -0.39 is 11.6 Å². The fourth-order valence-electron chi connectivity index (χ4n) is 1.37. The van der Waals surface area contributed by atoms with E-state index in [2.05, 4.69) is 26.2 Å². The summed E-state index contributed by atoms with van der Waals surface area (Å²) < 4.78 is 27.2. The molecule has 0 unspecified atom stereocenters. The number of hydrogen-bond acceptors (Lipinski definition) is 1. The van der Waals surface area contributed by atoms with Crippen LogP contribution in [0.4, 0.5) is 14.5 Å². The Bertz CT molecular complexity index is 460. The Balaban J connectivity index is 2.15. The molecule has 0 saturated carbocycles. The largest absolute Gasteiger partial charge is 0.375 e. The second kappa shape index (κ2) is 4.65. The molecule has 1 aromatic carbocycles. The van der Waals surface area contributed by atoms with Crippen LogP contribution in [0.15, 0.2) is 34.9 Å². The predicted molar refractivity (Wildman–Crippen MR) is 62.2 cm³/mol. The van der Waals surface area contributed by atoms with Gasteiger partial charge < -0.3 is 10.3 Å². The molecule has 0 spiro atoms. The molecule has 2 N–H and O–H groups in total. The summed E-state index contributed by atoms with van der Waals surface area (Å²) in [6.45, 7) is 0.350. The highest BCUT2D eigenvalue weighted by molar-refractivity contribution is 9.10. The quantitative estimate of drug-likeness (QED) is 0.885. The minimum atomic E-state index is -0.613. The van der Waals surface area contributed by atoms with E-state index in [0.29, 0.717) is 11.0 Å². The Kier molecular flexibility index (Phi) is 3.24. The molecule has 0 aliphatic rings. The monoisotopic (exact) mass is 286 g/mol. The SMILES string of the molecule is Fc1cc(Br)cc(F)c1NCc1ccc[nH]1. The molecule has 5 heteroatoms. The maximum absolute atomic E-state index is 13.4. The van der Waals surface area contributed by atoms with Crippen LogP contribution in [0.2, 0.25) is 0 Å². The smallest absolute Gasteiger partial charge is 0.150 e. The maximum atomic E-state index is 13.4. The van der Waals surface area contributed by atoms with Crippen molar-refractivity contribution in [2.75, 3.05) is 5.32 Å². The van der Waals surface area contributed by atoms with E-state index in [1.54, 1.807) is 6.20 Å². The molecule has 0 aliphatic carbocycles. The molecule has 0 atom stereocenters. The van der Waals surface area contributed by atoms with Crippen molar-refractivity contribution < 1.29 is 8.78 Å². The number of benzene rings is 1. The minimum Gasteiger partial charge on any atom is -0.375 e. The van der Waals surface area contributed by atoms with Crippen molar-refractivity contribution in [3.63, 3.8) is 0 Å². The second-order valence-corrected chi connectivity index (χ2v) is 4.21. The van der Waals surface area contributed by atoms with E-state index in [4.69, 9.17) is 0 Å². The van der Waals surface area contributed by atoms with Gasteiger partial charge in [-0.05, 0) is 24.3 Å². The lowest BCUT2D eigenvalue weighted by Crippen LogP contribution is -2.04. The van der Waals surface area contributed by atoms with Crippen molar-refractivity contribution in [2.24, 2.45) is 0 Å². The van der Waals surface area contributed by atoms with Gasteiger partial charge in [0, 0.05) is 16.4 Å². The van der Waals surface area contributed by atoms with Gasteiger partial charge in [0.2, 0.25) is 0 Å². The number of H-pyrrole nitrogens is 1. The van der Waals surface area contributed by atoms with Gasteiger partial charge in [-0.2, -0.15) is 0 Å². The first-order chi connectivity index (χ1) is 7.66. The predicted octanol–water partition coefficient (Wildman–Crippen LogP) is 3.67. The lowest BCUT2D eigenvalue weighted by molar-refractivity contribution is 0.586. The Morgan fingerprint density at radius 3 is 2.50 bits per heavy atom. The van der Waals surface area contributed by atoms with Crippen LogP contribution in [0.3, 0.4) is 0 Å². The summed E-state index contributed by atoms with van der Waals surface area (Å²) in [5.41, 5.74) is 0.750. The zero-order valence-corrected chi connectivity index (χ0v) is 9.81. The third kappa shape index (κ3) is 2.41. The average Bonchev–Trinajstić information content (AvgIpc) is 2.68. The van der Waals surface area contributed by atoms with Crippen LogP contribution in [0.25, 0.3) is 0 Å². The number of aromatic nitrogens is 1. The summed E-state index contributed by atoms with van der Waals surface area (Å²) in [4.78, 5) is 2.94. The number of hydrogen-bond donors (Lipinski definition) is 2. The highest BCUT2D eigenvalue weighted by atomic mass is 79.9. The van der Waals surface area contributed by atoms with Crippen molar-refractivity contribution in [3.05, 3.63) is 52.3 Å². The van der Waals surface area contributed by atoms with Crippen molar-refractivity contribution >= 4 is 21.6 Å². The van der Waals surface area contributed by atoms with E-state index in [1.807, 2.05) is 12.1 Å². The van der Waals surface area contributed by atoms with Gasteiger partial charge in [-0.25, -0.2) is 8.78 Å². The van der Waals surface area contributed by atoms with E-state index in [0.717, 1.165) is 5.69 Å². The first kappa shape index (κ1) is 11.1. The summed E-state index contributed by atoms with van der Waals surface area (Å²) in [5.74, 6) is -1.23. The summed E-state index contributed by atoms with van der Waals surface area (Å²) >= 11 is 3.02. The van der Waals surface area contributed by atoms with Gasteiger partial charge in [0.05, 0.1) is 6.54 Å². The Labute approximate surface area is 99.8 Å². The minimum absolute atomic E-state index is 0.113. The molecule has 2 rings (SSSR count).